The summed E-state index contributed by atoms with van der Waals surface area (Å²) < 4.78 is 9.61. The Balaban J connectivity index is 1.45. The predicted octanol–water partition coefficient (Wildman–Crippen LogP) is 3.06. The van der Waals surface area contributed by atoms with E-state index in [2.05, 4.69) is 34.0 Å². The Morgan fingerprint density at radius 3 is 2.96 bits per heavy atom. The van der Waals surface area contributed by atoms with E-state index in [0.717, 1.165) is 18.2 Å². The second kappa shape index (κ2) is 7.03. The second-order valence-electron chi connectivity index (χ2n) is 6.21. The molecule has 136 valence electrons. The molecule has 1 amide bonds. The van der Waals surface area contributed by atoms with Crippen molar-refractivity contribution in [2.45, 2.75) is 38.1 Å². The highest BCUT2D eigenvalue weighted by Gasteiger charge is 2.27. The molecule has 8 heteroatoms. The molecule has 0 aromatic carbocycles. The molecule has 0 saturated carbocycles. The van der Waals surface area contributed by atoms with Crippen LogP contribution >= 0.6 is 11.8 Å². The molecule has 0 spiro atoms. The van der Waals surface area contributed by atoms with Gasteiger partial charge < -0.3 is 13.9 Å². The summed E-state index contributed by atoms with van der Waals surface area (Å²) >= 11 is 1.43. The fourth-order valence-corrected chi connectivity index (χ4v) is 4.29. The van der Waals surface area contributed by atoms with Crippen molar-refractivity contribution in [3.63, 3.8) is 0 Å². The van der Waals surface area contributed by atoms with Crippen LogP contribution in [0.15, 0.2) is 46.3 Å². The number of carbonyl (C=O) groups excluding carboxylic acids is 1. The lowest BCUT2D eigenvalue weighted by Gasteiger charge is -2.34. The third-order valence-corrected chi connectivity index (χ3v) is 5.71. The molecule has 4 rings (SSSR count). The van der Waals surface area contributed by atoms with Crippen LogP contribution in [0.2, 0.25) is 0 Å². The van der Waals surface area contributed by atoms with E-state index in [-0.39, 0.29) is 11.9 Å². The van der Waals surface area contributed by atoms with Crippen LogP contribution < -0.4 is 0 Å². The van der Waals surface area contributed by atoms with Gasteiger partial charge in [-0.05, 0) is 38.1 Å². The van der Waals surface area contributed by atoms with Crippen molar-refractivity contribution in [3.05, 3.63) is 42.4 Å². The minimum Gasteiger partial charge on any atom is -0.461 e. The van der Waals surface area contributed by atoms with Crippen molar-refractivity contribution in [2.24, 2.45) is 0 Å². The van der Waals surface area contributed by atoms with Crippen molar-refractivity contribution in [3.8, 4) is 11.6 Å². The fraction of sp³-hybridized carbons (Fsp3) is 0.389. The van der Waals surface area contributed by atoms with Gasteiger partial charge in [-0.3, -0.25) is 9.36 Å². The van der Waals surface area contributed by atoms with Crippen LogP contribution in [-0.4, -0.2) is 42.4 Å². The van der Waals surface area contributed by atoms with E-state index in [1.54, 1.807) is 6.26 Å². The first-order valence-corrected chi connectivity index (χ1v) is 9.72. The maximum atomic E-state index is 12.8. The molecule has 26 heavy (non-hydrogen) atoms. The van der Waals surface area contributed by atoms with Crippen molar-refractivity contribution in [2.75, 3.05) is 12.3 Å². The second-order valence-corrected chi connectivity index (χ2v) is 7.15. The summed E-state index contributed by atoms with van der Waals surface area (Å²) in [6.07, 6.45) is 3.69. The minimum atomic E-state index is 0.0922. The number of aromatic nitrogens is 4. The Morgan fingerprint density at radius 1 is 1.31 bits per heavy atom. The molecular weight excluding hydrogens is 350 g/mol. The van der Waals surface area contributed by atoms with Gasteiger partial charge in [-0.15, -0.1) is 10.2 Å². The number of rotatable bonds is 5. The third kappa shape index (κ3) is 2.94. The normalized spacial score (nSPS) is 16.7. The number of furan rings is 1. The van der Waals surface area contributed by atoms with Gasteiger partial charge in [0.05, 0.1) is 18.1 Å². The summed E-state index contributed by atoms with van der Waals surface area (Å²) in [6, 6.07) is 7.90. The van der Waals surface area contributed by atoms with E-state index in [4.69, 9.17) is 4.42 Å². The fourth-order valence-electron chi connectivity index (χ4n) is 3.40. The van der Waals surface area contributed by atoms with Crippen molar-refractivity contribution in [1.29, 1.82) is 0 Å². The average Bonchev–Trinajstić information content (AvgIpc) is 3.38. The van der Waals surface area contributed by atoms with Crippen LogP contribution in [-0.2, 0) is 17.9 Å². The predicted molar refractivity (Wildman–Crippen MR) is 98.7 cm³/mol. The molecule has 0 N–H and O–H groups in total. The van der Waals surface area contributed by atoms with Crippen molar-refractivity contribution in [1.82, 2.24) is 24.2 Å². The number of carbonyl (C=O) groups is 1. The molecule has 4 heterocycles. The Bertz CT molecular complexity index is 899. The van der Waals surface area contributed by atoms with Crippen LogP contribution in [0, 0.1) is 0 Å². The highest BCUT2D eigenvalue weighted by molar-refractivity contribution is 7.99. The topological polar surface area (TPSA) is 69.1 Å². The molecule has 3 aromatic heterocycles. The van der Waals surface area contributed by atoms with E-state index < -0.39 is 0 Å². The quantitative estimate of drug-likeness (QED) is 0.645. The van der Waals surface area contributed by atoms with Crippen molar-refractivity contribution >= 4 is 17.7 Å². The number of thioether (sulfide) groups is 1. The first-order valence-electron chi connectivity index (χ1n) is 8.73. The van der Waals surface area contributed by atoms with Gasteiger partial charge in [0.15, 0.2) is 16.7 Å². The van der Waals surface area contributed by atoms with Crippen LogP contribution in [0.4, 0.5) is 0 Å². The van der Waals surface area contributed by atoms with Gasteiger partial charge >= 0.3 is 0 Å². The Kier molecular flexibility index (Phi) is 4.58. The summed E-state index contributed by atoms with van der Waals surface area (Å²) in [4.78, 5) is 14.7. The molecule has 1 aliphatic rings. The van der Waals surface area contributed by atoms with Gasteiger partial charge in [-0.25, -0.2) is 0 Å². The molecule has 1 atom stereocenters. The summed E-state index contributed by atoms with van der Waals surface area (Å²) in [5.74, 6) is 1.85. The van der Waals surface area contributed by atoms with Gasteiger partial charge in [0.25, 0.3) is 0 Å². The number of nitrogens with zero attached hydrogens (tertiary/aromatic N) is 5. The summed E-state index contributed by atoms with van der Waals surface area (Å²) in [5.41, 5.74) is 1.19. The molecule has 1 aliphatic heterocycles. The van der Waals surface area contributed by atoms with E-state index >= 15 is 0 Å². The Labute approximate surface area is 156 Å². The monoisotopic (exact) mass is 371 g/mol. The van der Waals surface area contributed by atoms with Crippen LogP contribution in [0.25, 0.3) is 11.6 Å². The first-order chi connectivity index (χ1) is 12.7. The van der Waals surface area contributed by atoms with E-state index in [1.165, 1.54) is 17.5 Å². The Morgan fingerprint density at radius 2 is 2.19 bits per heavy atom. The van der Waals surface area contributed by atoms with Crippen molar-refractivity contribution < 1.29 is 9.21 Å². The lowest BCUT2D eigenvalue weighted by atomic mass is 10.1. The molecule has 3 aromatic rings. The van der Waals surface area contributed by atoms with Gasteiger partial charge in [-0.1, -0.05) is 11.8 Å². The molecule has 0 bridgehead atoms. The lowest BCUT2D eigenvalue weighted by Crippen LogP contribution is -2.41. The third-order valence-electron chi connectivity index (χ3n) is 4.76. The minimum absolute atomic E-state index is 0.0922. The summed E-state index contributed by atoms with van der Waals surface area (Å²) in [7, 11) is 0. The lowest BCUT2D eigenvalue weighted by molar-refractivity contribution is -0.131. The number of fused-ring (bicyclic) bond motifs is 1. The molecule has 7 nitrogen and oxygen atoms in total. The van der Waals surface area contributed by atoms with Gasteiger partial charge in [-0.2, -0.15) is 0 Å². The molecule has 0 aliphatic carbocycles. The number of hydrogen-bond donors (Lipinski definition) is 0. The van der Waals surface area contributed by atoms with E-state index in [9.17, 15) is 4.79 Å². The number of hydrogen-bond acceptors (Lipinski definition) is 5. The summed E-state index contributed by atoms with van der Waals surface area (Å²) in [6.45, 7) is 6.41. The SMILES string of the molecule is CCn1c(SCC(=O)N2CCn3cccc3C2C)nnc1-c1ccco1. The molecule has 1 unspecified atom stereocenters. The van der Waals surface area contributed by atoms with Gasteiger partial charge in [0.1, 0.15) is 0 Å². The zero-order valence-corrected chi connectivity index (χ0v) is 15.6. The summed E-state index contributed by atoms with van der Waals surface area (Å²) in [5, 5.41) is 9.21. The molecule has 0 radical (unpaired) electrons. The molecule has 0 fully saturated rings. The van der Waals surface area contributed by atoms with Gasteiger partial charge in [0.2, 0.25) is 5.91 Å². The highest BCUT2D eigenvalue weighted by Crippen LogP contribution is 2.28. The molecular formula is C18H21N5O2S. The smallest absolute Gasteiger partial charge is 0.233 e. The zero-order valence-electron chi connectivity index (χ0n) is 14.8. The largest absolute Gasteiger partial charge is 0.461 e. The van der Waals surface area contributed by atoms with Crippen LogP contribution in [0.3, 0.4) is 0 Å². The number of amides is 1. The van der Waals surface area contributed by atoms with Crippen LogP contribution in [0.5, 0.6) is 0 Å². The van der Waals surface area contributed by atoms with E-state index in [1.807, 2.05) is 34.6 Å². The average molecular weight is 371 g/mol. The maximum absolute atomic E-state index is 12.8. The van der Waals surface area contributed by atoms with E-state index in [0.29, 0.717) is 23.9 Å². The standard InChI is InChI=1S/C18H21N5O2S/c1-3-22-17(15-7-5-11-25-15)19-20-18(22)26-12-16(24)23-10-9-21-8-4-6-14(21)13(23)2/h4-8,11,13H,3,9-10,12H2,1-2H3. The Hall–Kier alpha value is -2.48. The zero-order chi connectivity index (χ0) is 18.1. The maximum Gasteiger partial charge on any atom is 0.233 e. The molecule has 0 saturated heterocycles. The van der Waals surface area contributed by atoms with Gasteiger partial charge in [0, 0.05) is 31.5 Å². The first kappa shape index (κ1) is 17.0. The highest BCUT2D eigenvalue weighted by atomic mass is 32.2. The van der Waals surface area contributed by atoms with Crippen LogP contribution in [0.1, 0.15) is 25.6 Å².